The Morgan fingerprint density at radius 3 is 2.40 bits per heavy atom. The molecule has 1 aliphatic rings. The summed E-state index contributed by atoms with van der Waals surface area (Å²) in [6.45, 7) is 6.44. The van der Waals surface area contributed by atoms with E-state index in [1.807, 2.05) is 0 Å². The van der Waals surface area contributed by atoms with Crippen molar-refractivity contribution in [1.29, 1.82) is 0 Å². The van der Waals surface area contributed by atoms with Crippen molar-refractivity contribution in [2.45, 2.75) is 44.9 Å². The van der Waals surface area contributed by atoms with Gasteiger partial charge in [0.05, 0.1) is 10.5 Å². The van der Waals surface area contributed by atoms with Gasteiger partial charge < -0.3 is 11.1 Å². The van der Waals surface area contributed by atoms with Crippen LogP contribution in [0, 0.1) is 5.92 Å². The first kappa shape index (κ1) is 22.5. The quantitative estimate of drug-likeness (QED) is 0.676. The van der Waals surface area contributed by atoms with Crippen molar-refractivity contribution in [1.82, 2.24) is 4.31 Å². The average Bonchev–Trinajstić information content (AvgIpc) is 3.05. The number of primary amides is 1. The first-order valence-corrected chi connectivity index (χ1v) is 12.3. The van der Waals surface area contributed by atoms with Gasteiger partial charge in [0.2, 0.25) is 10.0 Å². The van der Waals surface area contributed by atoms with Crippen molar-refractivity contribution in [3.63, 3.8) is 0 Å². The second-order valence-corrected chi connectivity index (χ2v) is 10.5. The van der Waals surface area contributed by atoms with E-state index in [0.29, 0.717) is 35.1 Å². The molecule has 0 unspecified atom stereocenters. The molecule has 0 saturated carbocycles. The first-order chi connectivity index (χ1) is 14.2. The number of amides is 2. The molecule has 0 radical (unpaired) electrons. The second-order valence-electron chi connectivity index (χ2n) is 7.49. The molecule has 1 heterocycles. The van der Waals surface area contributed by atoms with Crippen LogP contribution in [0.25, 0.3) is 0 Å². The second kappa shape index (κ2) is 8.87. The van der Waals surface area contributed by atoms with Crippen LogP contribution in [0.1, 0.15) is 58.3 Å². The van der Waals surface area contributed by atoms with Crippen molar-refractivity contribution < 1.29 is 18.0 Å². The molecule has 30 heavy (non-hydrogen) atoms. The molecule has 7 nitrogen and oxygen atoms in total. The highest BCUT2D eigenvalue weighted by molar-refractivity contribution is 7.89. The Balaban J connectivity index is 1.85. The highest BCUT2D eigenvalue weighted by Crippen LogP contribution is 2.39. The van der Waals surface area contributed by atoms with E-state index in [0.717, 1.165) is 29.7 Å². The molecule has 0 saturated heterocycles. The molecule has 0 spiro atoms. The van der Waals surface area contributed by atoms with Gasteiger partial charge in [-0.05, 0) is 55.0 Å². The van der Waals surface area contributed by atoms with Gasteiger partial charge in [0.15, 0.2) is 0 Å². The number of carbonyl (C=O) groups is 2. The molecule has 1 aliphatic carbocycles. The molecular weight excluding hydrogens is 422 g/mol. The molecule has 162 valence electrons. The number of nitrogens with two attached hydrogens (primary N) is 1. The summed E-state index contributed by atoms with van der Waals surface area (Å²) in [4.78, 5) is 26.1. The third-order valence-electron chi connectivity index (χ3n) is 5.44. The predicted molar refractivity (Wildman–Crippen MR) is 119 cm³/mol. The van der Waals surface area contributed by atoms with Crippen LogP contribution in [0.5, 0.6) is 0 Å². The lowest BCUT2D eigenvalue weighted by molar-refractivity contribution is 0.1000. The number of nitrogens with one attached hydrogen (secondary N) is 1. The van der Waals surface area contributed by atoms with E-state index in [9.17, 15) is 18.0 Å². The van der Waals surface area contributed by atoms with Crippen molar-refractivity contribution in [3.8, 4) is 0 Å². The number of hydrogen-bond acceptors (Lipinski definition) is 5. The van der Waals surface area contributed by atoms with E-state index < -0.39 is 21.8 Å². The number of thiophene rings is 1. The van der Waals surface area contributed by atoms with Crippen molar-refractivity contribution >= 4 is 38.2 Å². The zero-order chi connectivity index (χ0) is 22.1. The van der Waals surface area contributed by atoms with E-state index in [4.69, 9.17) is 5.73 Å². The maximum atomic E-state index is 12.8. The smallest absolute Gasteiger partial charge is 0.256 e. The first-order valence-electron chi connectivity index (χ1n) is 10.0. The number of fused-ring (bicyclic) bond motifs is 1. The number of carbonyl (C=O) groups excluding carboxylic acids is 2. The summed E-state index contributed by atoms with van der Waals surface area (Å²) in [5.41, 5.74) is 7.26. The Morgan fingerprint density at radius 2 is 1.83 bits per heavy atom. The lowest BCUT2D eigenvalue weighted by atomic mass is 9.87. The third kappa shape index (κ3) is 4.28. The van der Waals surface area contributed by atoms with Crippen LogP contribution in [0.3, 0.4) is 0 Å². The van der Waals surface area contributed by atoms with Crippen LogP contribution in [0.2, 0.25) is 0 Å². The number of sulfonamides is 1. The molecule has 1 aromatic carbocycles. The number of hydrogen-bond donors (Lipinski definition) is 2. The molecule has 2 amide bonds. The fraction of sp³-hybridized carbons (Fsp3) is 0.429. The molecule has 0 fully saturated rings. The van der Waals surface area contributed by atoms with Gasteiger partial charge in [0.1, 0.15) is 5.00 Å². The van der Waals surface area contributed by atoms with Crippen LogP contribution in [0.15, 0.2) is 29.2 Å². The van der Waals surface area contributed by atoms with Gasteiger partial charge in [-0.1, -0.05) is 20.8 Å². The van der Waals surface area contributed by atoms with Gasteiger partial charge >= 0.3 is 0 Å². The Bertz CT molecular complexity index is 1050. The summed E-state index contributed by atoms with van der Waals surface area (Å²) >= 11 is 1.40. The summed E-state index contributed by atoms with van der Waals surface area (Å²) in [6.07, 6.45) is 2.69. The molecular formula is C21H27N3O4S2. The molecule has 1 aromatic heterocycles. The van der Waals surface area contributed by atoms with Crippen LogP contribution in [-0.4, -0.2) is 37.6 Å². The van der Waals surface area contributed by atoms with Gasteiger partial charge in [0, 0.05) is 23.5 Å². The molecule has 9 heteroatoms. The van der Waals surface area contributed by atoms with Gasteiger partial charge in [-0.25, -0.2) is 8.42 Å². The van der Waals surface area contributed by atoms with E-state index >= 15 is 0 Å². The van der Waals surface area contributed by atoms with E-state index in [1.54, 1.807) is 13.8 Å². The van der Waals surface area contributed by atoms with E-state index in [2.05, 4.69) is 12.2 Å². The van der Waals surface area contributed by atoms with Gasteiger partial charge in [-0.15, -0.1) is 11.3 Å². The molecule has 0 bridgehead atoms. The summed E-state index contributed by atoms with van der Waals surface area (Å²) in [7, 11) is -3.59. The molecule has 0 aliphatic heterocycles. The summed E-state index contributed by atoms with van der Waals surface area (Å²) in [5.74, 6) is -0.484. The number of anilines is 1. The maximum Gasteiger partial charge on any atom is 0.256 e. The largest absolute Gasteiger partial charge is 0.365 e. The SMILES string of the molecule is CCN(CC)S(=O)(=O)c1ccc(C(=O)Nc2sc3c(c2C(N)=O)C[C@@H](C)CC3)cc1. The molecule has 2 aromatic rings. The average molecular weight is 450 g/mol. The Labute approximate surface area is 181 Å². The minimum absolute atomic E-state index is 0.140. The predicted octanol–water partition coefficient (Wildman–Crippen LogP) is 3.25. The number of benzene rings is 1. The molecule has 1 atom stereocenters. The fourth-order valence-electron chi connectivity index (χ4n) is 3.77. The van der Waals surface area contributed by atoms with Crippen molar-refractivity contribution in [2.24, 2.45) is 11.7 Å². The zero-order valence-electron chi connectivity index (χ0n) is 17.4. The van der Waals surface area contributed by atoms with Crippen LogP contribution >= 0.6 is 11.3 Å². The molecule has 3 N–H and O–H groups in total. The van der Waals surface area contributed by atoms with Crippen molar-refractivity contribution in [3.05, 3.63) is 45.8 Å². The van der Waals surface area contributed by atoms with Gasteiger partial charge in [0.25, 0.3) is 11.8 Å². The van der Waals surface area contributed by atoms with Crippen LogP contribution in [0.4, 0.5) is 5.00 Å². The van der Waals surface area contributed by atoms with Crippen molar-refractivity contribution in [2.75, 3.05) is 18.4 Å². The van der Waals surface area contributed by atoms with Gasteiger partial charge in [-0.3, -0.25) is 9.59 Å². The van der Waals surface area contributed by atoms with E-state index in [-0.39, 0.29) is 4.90 Å². The Hall–Kier alpha value is -2.23. The summed E-state index contributed by atoms with van der Waals surface area (Å²) < 4.78 is 26.6. The third-order valence-corrected chi connectivity index (χ3v) is 8.71. The van der Waals surface area contributed by atoms with Gasteiger partial charge in [-0.2, -0.15) is 4.31 Å². The molecule has 3 rings (SSSR count). The van der Waals surface area contributed by atoms with E-state index in [1.165, 1.54) is 39.9 Å². The monoisotopic (exact) mass is 449 g/mol. The van der Waals surface area contributed by atoms with Crippen LogP contribution < -0.4 is 11.1 Å². The number of rotatable bonds is 7. The minimum atomic E-state index is -3.59. The maximum absolute atomic E-state index is 12.8. The summed E-state index contributed by atoms with van der Waals surface area (Å²) in [5, 5.41) is 3.27. The highest BCUT2D eigenvalue weighted by Gasteiger charge is 2.28. The van der Waals surface area contributed by atoms with Crippen LogP contribution in [-0.2, 0) is 22.9 Å². The zero-order valence-corrected chi connectivity index (χ0v) is 19.0. The Morgan fingerprint density at radius 1 is 1.20 bits per heavy atom. The topological polar surface area (TPSA) is 110 Å². The normalized spacial score (nSPS) is 16.3. The standard InChI is InChI=1S/C21H27N3O4S2/c1-4-24(5-2)30(27,28)15-9-7-14(8-10-15)20(26)23-21-18(19(22)25)16-12-13(3)6-11-17(16)29-21/h7-10,13H,4-6,11-12H2,1-3H3,(H2,22,25)(H,23,26)/t13-/m0/s1. The highest BCUT2D eigenvalue weighted by atomic mass is 32.2. The Kier molecular flexibility index (Phi) is 6.64. The summed E-state index contributed by atoms with van der Waals surface area (Å²) in [6, 6.07) is 5.81. The lowest BCUT2D eigenvalue weighted by Crippen LogP contribution is -2.30. The minimum Gasteiger partial charge on any atom is -0.365 e. The number of nitrogens with zero attached hydrogens (tertiary/aromatic N) is 1. The number of aryl methyl sites for hydroxylation is 1. The lowest BCUT2D eigenvalue weighted by Gasteiger charge is -2.18. The fourth-order valence-corrected chi connectivity index (χ4v) is 6.48.